The first-order valence-electron chi connectivity index (χ1n) is 4.90. The van der Waals surface area contributed by atoms with Crippen molar-refractivity contribution in [2.24, 2.45) is 0 Å². The number of rotatable bonds is 0. The monoisotopic (exact) mass is 499 g/mol. The first-order chi connectivity index (χ1) is 6.81. The van der Waals surface area contributed by atoms with Gasteiger partial charge >= 0.3 is 52.8 Å². The van der Waals surface area contributed by atoms with Crippen LogP contribution in [0.25, 0.3) is 0 Å². The molecule has 0 bridgehead atoms. The maximum atomic E-state index is 2.28. The van der Waals surface area contributed by atoms with Crippen molar-refractivity contribution >= 4 is 15.4 Å². The Labute approximate surface area is 143 Å². The van der Waals surface area contributed by atoms with Crippen LogP contribution in [0.1, 0.15) is 5.56 Å². The second-order valence-electron chi connectivity index (χ2n) is 3.00. The van der Waals surface area contributed by atoms with E-state index in [1.807, 2.05) is 42.5 Å². The molecule has 2 aromatic rings. The van der Waals surface area contributed by atoms with E-state index in [2.05, 4.69) is 30.6 Å². The molecule has 0 unspecified atom stereocenters. The molecule has 0 aliphatic heterocycles. The summed E-state index contributed by atoms with van der Waals surface area (Å²) in [6, 6.07) is 18.2. The summed E-state index contributed by atoms with van der Waals surface area (Å²) in [6.07, 6.45) is 0. The van der Waals surface area contributed by atoms with E-state index in [1.165, 1.54) is 5.56 Å². The Kier molecular flexibility index (Phi) is 33.9. The molecular weight excluding hydrogens is 478 g/mol. The molecule has 1 radical (unpaired) electrons. The van der Waals surface area contributed by atoms with Gasteiger partial charge in [0.1, 0.15) is 0 Å². The molecule has 0 aromatic heterocycles. The van der Waals surface area contributed by atoms with Crippen molar-refractivity contribution < 1.29 is 50.7 Å². The van der Waals surface area contributed by atoms with Crippen molar-refractivity contribution in [2.45, 2.75) is 18.4 Å². The smallest absolute Gasteiger partial charge is 1.00 e. The first-order valence-corrected chi connectivity index (χ1v) is 9.74. The van der Waals surface area contributed by atoms with Gasteiger partial charge in [0.15, 0.2) is 0 Å². The van der Waals surface area contributed by atoms with Crippen LogP contribution in [0.5, 0.6) is 0 Å². The van der Waals surface area contributed by atoms with Crippen molar-refractivity contribution in [3.63, 3.8) is 0 Å². The molecule has 93 valence electrons. The third-order valence-electron chi connectivity index (χ3n) is 1.38. The van der Waals surface area contributed by atoms with Gasteiger partial charge in [-0.15, -0.1) is 0 Å². The Morgan fingerprint density at radius 1 is 0.882 bits per heavy atom. The Morgan fingerprint density at radius 3 is 1.35 bits per heavy atom. The predicted octanol–water partition coefficient (Wildman–Crippen LogP) is -2.36. The van der Waals surface area contributed by atoms with Gasteiger partial charge in [0.25, 0.3) is 0 Å². The van der Waals surface area contributed by atoms with Crippen LogP contribution in [0.3, 0.4) is 0 Å². The minimum atomic E-state index is 0. The van der Waals surface area contributed by atoms with Gasteiger partial charge in [-0.05, 0) is 0 Å². The van der Waals surface area contributed by atoms with Crippen molar-refractivity contribution in [3.8, 4) is 0 Å². The Morgan fingerprint density at radius 2 is 1.24 bits per heavy atom. The van der Waals surface area contributed by atoms with Crippen LogP contribution in [0.2, 0.25) is 11.5 Å². The van der Waals surface area contributed by atoms with Gasteiger partial charge in [-0.25, -0.2) is 24.3 Å². The average Bonchev–Trinajstić information content (AvgIpc) is 2.78. The number of hydrogen-bond donors (Lipinski definition) is 0. The Bertz CT molecular complexity index is 250. The van der Waals surface area contributed by atoms with Crippen LogP contribution in [-0.4, -0.2) is 15.4 Å². The molecule has 17 heavy (non-hydrogen) atoms. The van der Waals surface area contributed by atoms with Crippen molar-refractivity contribution in [2.75, 3.05) is 0 Å². The van der Waals surface area contributed by atoms with Gasteiger partial charge in [-0.2, -0.15) is 35.9 Å². The molecule has 0 aliphatic rings. The summed E-state index contributed by atoms with van der Waals surface area (Å²) >= 11 is 0.312. The second kappa shape index (κ2) is 21.9. The summed E-state index contributed by atoms with van der Waals surface area (Å²) < 4.78 is 0. The minimum absolute atomic E-state index is 0. The number of hydrogen-bond acceptors (Lipinski definition) is 0. The number of halogens is 2. The van der Waals surface area contributed by atoms with Crippen molar-refractivity contribution in [1.82, 2.24) is 0 Å². The van der Waals surface area contributed by atoms with Crippen LogP contribution >= 0.6 is 0 Å². The standard InChI is InChI=1S/C6H7.C5H5.C2H7Ge.2ClH.Hf/c1-6-4-2-3-5-6;1-2-4-5-3-1;1-3-2;;;/h2-5H,1H3;1-5H;3H,1-2H3;2*1H;/q2*-1;;;;+4/p-2. The minimum Gasteiger partial charge on any atom is -1.00 e. The van der Waals surface area contributed by atoms with Gasteiger partial charge in [-0.3, -0.25) is 0 Å². The molecule has 0 saturated carbocycles. The van der Waals surface area contributed by atoms with E-state index in [9.17, 15) is 0 Å². The van der Waals surface area contributed by atoms with Gasteiger partial charge in [0, 0.05) is 0 Å². The third-order valence-corrected chi connectivity index (χ3v) is 1.38. The summed E-state index contributed by atoms with van der Waals surface area (Å²) in [7, 11) is 0. The van der Waals surface area contributed by atoms with E-state index in [-0.39, 0.29) is 50.7 Å². The molecule has 0 fully saturated rings. The number of aryl methyl sites for hydroxylation is 1. The van der Waals surface area contributed by atoms with Crippen LogP contribution in [0, 0.1) is 6.92 Å². The summed E-state index contributed by atoms with van der Waals surface area (Å²) in [5.74, 6) is 4.56. The summed E-state index contributed by atoms with van der Waals surface area (Å²) in [4.78, 5) is 0. The van der Waals surface area contributed by atoms with Gasteiger partial charge < -0.3 is 24.8 Å². The van der Waals surface area contributed by atoms with Gasteiger partial charge in [-0.1, -0.05) is 6.92 Å². The molecule has 2 aromatic carbocycles. The molecule has 0 N–H and O–H groups in total. The Balaban J connectivity index is -0.0000000718. The van der Waals surface area contributed by atoms with Crippen LogP contribution < -0.4 is 24.8 Å². The van der Waals surface area contributed by atoms with Crippen LogP contribution in [-0.2, 0) is 25.8 Å². The zero-order chi connectivity index (χ0) is 10.6. The molecule has 0 saturated heterocycles. The topological polar surface area (TPSA) is 0 Å². The molecule has 0 amide bonds. The average molecular weight is 497 g/mol. The summed E-state index contributed by atoms with van der Waals surface area (Å²) in [5.41, 5.74) is 1.34. The first kappa shape index (κ1) is 26.3. The molecule has 0 heterocycles. The van der Waals surface area contributed by atoms with Gasteiger partial charge in [0.05, 0.1) is 0 Å². The van der Waals surface area contributed by atoms with E-state index >= 15 is 0 Å². The van der Waals surface area contributed by atoms with E-state index in [0.29, 0.717) is 15.4 Å². The fraction of sp³-hybridized carbons (Fsp3) is 0.231. The second-order valence-corrected chi connectivity index (χ2v) is 5.42. The van der Waals surface area contributed by atoms with Crippen molar-refractivity contribution in [3.05, 3.63) is 60.2 Å². The maximum absolute atomic E-state index is 2.28. The zero-order valence-electron chi connectivity index (χ0n) is 10.5. The Hall–Kier alpha value is 0.693. The quantitative estimate of drug-likeness (QED) is 0.283. The summed E-state index contributed by atoms with van der Waals surface area (Å²) in [5, 5.41) is 0. The van der Waals surface area contributed by atoms with Crippen LogP contribution in [0.4, 0.5) is 0 Å². The maximum Gasteiger partial charge on any atom is 4.00 e. The van der Waals surface area contributed by atoms with E-state index in [0.717, 1.165) is 0 Å². The predicted molar refractivity (Wildman–Crippen MR) is 67.7 cm³/mol. The largest absolute Gasteiger partial charge is 4.00 e. The fourth-order valence-electron chi connectivity index (χ4n) is 0.791. The van der Waals surface area contributed by atoms with E-state index in [1.54, 1.807) is 0 Å². The molecular formula is C13H19Cl2GeHf. The van der Waals surface area contributed by atoms with E-state index < -0.39 is 0 Å². The molecule has 0 aliphatic carbocycles. The SMILES string of the molecule is C[c-]1cccc1.[CH3][GeH][CH3].[Cl-].[Cl-].[Hf+4].c1cc[cH-]c1. The molecule has 0 nitrogen and oxygen atoms in total. The van der Waals surface area contributed by atoms with Crippen molar-refractivity contribution in [1.29, 1.82) is 0 Å². The molecule has 0 spiro atoms. The molecule has 2 rings (SSSR count). The van der Waals surface area contributed by atoms with Gasteiger partial charge in [0.2, 0.25) is 0 Å². The normalized spacial score (nSPS) is 6.53. The molecule has 4 heteroatoms. The zero-order valence-corrected chi connectivity index (χ0v) is 18.1. The third kappa shape index (κ3) is 22.4. The summed E-state index contributed by atoms with van der Waals surface area (Å²) in [6.45, 7) is 2.08. The van der Waals surface area contributed by atoms with Crippen LogP contribution in [0.15, 0.2) is 54.6 Å². The fourth-order valence-corrected chi connectivity index (χ4v) is 0.791. The van der Waals surface area contributed by atoms with E-state index in [4.69, 9.17) is 0 Å². The molecule has 0 atom stereocenters.